The molecule has 2 aliphatic rings. The molecule has 0 N–H and O–H groups in total. The maximum atomic E-state index is 6.82. The van der Waals surface area contributed by atoms with Gasteiger partial charge in [-0.1, -0.05) is 100 Å². The Morgan fingerprint density at radius 2 is 0.870 bits per heavy atom. The van der Waals surface area contributed by atoms with Crippen molar-refractivity contribution in [2.45, 2.75) is 40.5 Å². The van der Waals surface area contributed by atoms with E-state index in [1.54, 1.807) is 0 Å². The molecule has 6 aromatic carbocycles. The van der Waals surface area contributed by atoms with Crippen molar-refractivity contribution in [3.05, 3.63) is 96.1 Å². The Hall–Kier alpha value is -4.12. The lowest BCUT2D eigenvalue weighted by Crippen LogP contribution is -2.44. The molecular formula is C42H42O4. The molecule has 2 aliphatic heterocycles. The van der Waals surface area contributed by atoms with E-state index in [2.05, 4.69) is 113 Å². The standard InChI is InChI=1S/C42H42O4/c1-5-27-15-17-31-35(19-27)39(45-25-41(3)21-43-22-41)33-13-9-7-11-29(33)37(31)38-30-12-8-10-14-34(30)40(46-26-42(4)23-44-24-42)36-20-28(6-2)16-18-32(36)38/h7-20H,5-6,21-26H2,1-4H3. The molecule has 0 unspecified atom stereocenters. The van der Waals surface area contributed by atoms with Crippen molar-refractivity contribution in [1.29, 1.82) is 0 Å². The molecule has 46 heavy (non-hydrogen) atoms. The molecule has 0 aromatic heterocycles. The lowest BCUT2D eigenvalue weighted by atomic mass is 9.84. The van der Waals surface area contributed by atoms with Crippen LogP contribution in [-0.2, 0) is 22.3 Å². The van der Waals surface area contributed by atoms with Gasteiger partial charge in [0.05, 0.1) is 39.6 Å². The summed E-state index contributed by atoms with van der Waals surface area (Å²) in [5, 5.41) is 9.42. The molecule has 2 heterocycles. The lowest BCUT2D eigenvalue weighted by Gasteiger charge is -2.38. The number of benzene rings is 6. The summed E-state index contributed by atoms with van der Waals surface area (Å²) in [6.45, 7) is 13.1. The zero-order valence-corrected chi connectivity index (χ0v) is 27.4. The molecule has 0 spiro atoms. The third kappa shape index (κ3) is 4.82. The molecule has 0 aliphatic carbocycles. The van der Waals surface area contributed by atoms with Crippen molar-refractivity contribution in [1.82, 2.24) is 0 Å². The summed E-state index contributed by atoms with van der Waals surface area (Å²) in [4.78, 5) is 0. The van der Waals surface area contributed by atoms with Crippen molar-refractivity contribution in [3.63, 3.8) is 0 Å². The fourth-order valence-corrected chi connectivity index (χ4v) is 7.22. The average Bonchev–Trinajstić information content (AvgIpc) is 3.06. The van der Waals surface area contributed by atoms with E-state index in [4.69, 9.17) is 18.9 Å². The summed E-state index contributed by atoms with van der Waals surface area (Å²) in [6.07, 6.45) is 1.93. The first-order valence-corrected chi connectivity index (χ1v) is 16.8. The maximum absolute atomic E-state index is 6.82. The highest BCUT2D eigenvalue weighted by molar-refractivity contribution is 6.26. The van der Waals surface area contributed by atoms with E-state index in [1.165, 1.54) is 43.8 Å². The van der Waals surface area contributed by atoms with Crippen LogP contribution >= 0.6 is 0 Å². The molecule has 0 bridgehead atoms. The van der Waals surface area contributed by atoms with Crippen LogP contribution in [0.1, 0.15) is 38.8 Å². The zero-order chi connectivity index (χ0) is 31.5. The maximum Gasteiger partial charge on any atom is 0.135 e. The topological polar surface area (TPSA) is 36.9 Å². The molecule has 0 saturated carbocycles. The summed E-state index contributed by atoms with van der Waals surface area (Å²) in [7, 11) is 0. The van der Waals surface area contributed by atoms with Crippen molar-refractivity contribution in [2.75, 3.05) is 39.6 Å². The summed E-state index contributed by atoms with van der Waals surface area (Å²) in [5.41, 5.74) is 5.17. The molecule has 4 heteroatoms. The van der Waals surface area contributed by atoms with Crippen molar-refractivity contribution in [3.8, 4) is 22.6 Å². The number of ether oxygens (including phenoxy) is 4. The minimum absolute atomic E-state index is 0.0381. The predicted molar refractivity (Wildman–Crippen MR) is 189 cm³/mol. The first kappa shape index (κ1) is 29.3. The molecule has 8 rings (SSSR count). The second-order valence-electron chi connectivity index (χ2n) is 14.2. The minimum atomic E-state index is 0.0381. The van der Waals surface area contributed by atoms with Gasteiger partial charge in [-0.3, -0.25) is 0 Å². The molecule has 0 amide bonds. The highest BCUT2D eigenvalue weighted by atomic mass is 16.5. The van der Waals surface area contributed by atoms with E-state index >= 15 is 0 Å². The number of fused-ring (bicyclic) bond motifs is 4. The number of hydrogen-bond donors (Lipinski definition) is 0. The zero-order valence-electron chi connectivity index (χ0n) is 27.4. The van der Waals surface area contributed by atoms with Crippen LogP contribution in [0.3, 0.4) is 0 Å². The van der Waals surface area contributed by atoms with Crippen LogP contribution in [0.5, 0.6) is 11.5 Å². The van der Waals surface area contributed by atoms with Crippen LogP contribution in [-0.4, -0.2) is 39.6 Å². The van der Waals surface area contributed by atoms with Gasteiger partial charge in [-0.05, 0) is 68.8 Å². The normalized spacial score (nSPS) is 16.9. The number of aryl methyl sites for hydroxylation is 2. The fourth-order valence-electron chi connectivity index (χ4n) is 7.22. The fraction of sp³-hybridized carbons (Fsp3) is 0.333. The Morgan fingerprint density at radius 1 is 0.500 bits per heavy atom. The minimum Gasteiger partial charge on any atom is -0.492 e. The Labute approximate surface area is 271 Å². The average molecular weight is 611 g/mol. The van der Waals surface area contributed by atoms with Gasteiger partial charge in [-0.2, -0.15) is 0 Å². The Morgan fingerprint density at radius 3 is 1.22 bits per heavy atom. The van der Waals surface area contributed by atoms with Crippen LogP contribution in [0.2, 0.25) is 0 Å². The van der Waals surface area contributed by atoms with E-state index in [0.717, 1.165) is 72.3 Å². The Balaban J connectivity index is 1.45. The molecule has 0 atom stereocenters. The highest BCUT2D eigenvalue weighted by Crippen LogP contribution is 2.50. The quantitative estimate of drug-likeness (QED) is 0.153. The number of rotatable bonds is 9. The van der Waals surface area contributed by atoms with Gasteiger partial charge in [-0.15, -0.1) is 0 Å². The highest BCUT2D eigenvalue weighted by Gasteiger charge is 2.36. The Kier molecular flexibility index (Phi) is 7.19. The summed E-state index contributed by atoms with van der Waals surface area (Å²) < 4.78 is 24.8. The van der Waals surface area contributed by atoms with Gasteiger partial charge in [0.1, 0.15) is 11.5 Å². The second kappa shape index (κ2) is 11.3. The van der Waals surface area contributed by atoms with E-state index in [-0.39, 0.29) is 10.8 Å². The molecular weight excluding hydrogens is 568 g/mol. The van der Waals surface area contributed by atoms with Crippen molar-refractivity contribution >= 4 is 43.1 Å². The Bertz CT molecular complexity index is 1970. The van der Waals surface area contributed by atoms with Crippen LogP contribution in [0.25, 0.3) is 54.2 Å². The van der Waals surface area contributed by atoms with Crippen molar-refractivity contribution < 1.29 is 18.9 Å². The van der Waals surface area contributed by atoms with Gasteiger partial charge in [0, 0.05) is 32.4 Å². The van der Waals surface area contributed by atoms with Gasteiger partial charge < -0.3 is 18.9 Å². The third-order valence-electron chi connectivity index (χ3n) is 10.1. The molecule has 2 fully saturated rings. The van der Waals surface area contributed by atoms with Crippen molar-refractivity contribution in [2.24, 2.45) is 10.8 Å². The van der Waals surface area contributed by atoms with Gasteiger partial charge >= 0.3 is 0 Å². The van der Waals surface area contributed by atoms with E-state index in [1.807, 2.05) is 0 Å². The largest absolute Gasteiger partial charge is 0.492 e. The van der Waals surface area contributed by atoms with E-state index < -0.39 is 0 Å². The van der Waals surface area contributed by atoms with E-state index in [9.17, 15) is 0 Å². The SMILES string of the molecule is CCc1ccc2c(-c3c4ccccc4c(OCC4(C)COC4)c4cc(CC)ccc34)c3ccccc3c(OCC3(C)COC3)c2c1. The summed E-state index contributed by atoms with van der Waals surface area (Å²) in [5.74, 6) is 1.94. The lowest BCUT2D eigenvalue weighted by molar-refractivity contribution is -0.120. The van der Waals surface area contributed by atoms with Gasteiger partial charge in [0.25, 0.3) is 0 Å². The second-order valence-corrected chi connectivity index (χ2v) is 14.2. The van der Waals surface area contributed by atoms with E-state index in [0.29, 0.717) is 13.2 Å². The van der Waals surface area contributed by atoms with Crippen LogP contribution < -0.4 is 9.47 Å². The van der Waals surface area contributed by atoms with Crippen LogP contribution in [0.4, 0.5) is 0 Å². The first-order valence-electron chi connectivity index (χ1n) is 16.8. The molecule has 2 saturated heterocycles. The van der Waals surface area contributed by atoms with Gasteiger partial charge in [0.2, 0.25) is 0 Å². The number of hydrogen-bond acceptors (Lipinski definition) is 4. The van der Waals surface area contributed by atoms with Crippen LogP contribution in [0, 0.1) is 10.8 Å². The monoisotopic (exact) mass is 610 g/mol. The third-order valence-corrected chi connectivity index (χ3v) is 10.1. The first-order chi connectivity index (χ1) is 22.4. The molecule has 4 nitrogen and oxygen atoms in total. The van der Waals surface area contributed by atoms with Crippen LogP contribution in [0.15, 0.2) is 84.9 Å². The predicted octanol–water partition coefficient (Wildman–Crippen LogP) is 9.92. The molecule has 0 radical (unpaired) electrons. The summed E-state index contributed by atoms with van der Waals surface area (Å²) in [6, 6.07) is 31.5. The molecule has 6 aromatic rings. The summed E-state index contributed by atoms with van der Waals surface area (Å²) >= 11 is 0. The van der Waals surface area contributed by atoms with Gasteiger partial charge in [-0.25, -0.2) is 0 Å². The smallest absolute Gasteiger partial charge is 0.135 e. The molecule has 234 valence electrons. The van der Waals surface area contributed by atoms with Gasteiger partial charge in [0.15, 0.2) is 0 Å².